The largest absolute Gasteiger partial charge is 0.355 e. The number of rotatable bonds is 7. The van der Waals surface area contributed by atoms with Gasteiger partial charge in [-0.15, -0.1) is 0 Å². The maximum atomic E-state index is 12.5. The number of fused-ring (bicyclic) bond motifs is 1. The lowest BCUT2D eigenvalue weighted by atomic mass is 9.99. The van der Waals surface area contributed by atoms with Gasteiger partial charge in [-0.25, -0.2) is 4.98 Å². The molecule has 1 heterocycles. The molecule has 0 bridgehead atoms. The van der Waals surface area contributed by atoms with Crippen LogP contribution in [0.1, 0.15) is 39.2 Å². The van der Waals surface area contributed by atoms with E-state index < -0.39 is 0 Å². The van der Waals surface area contributed by atoms with Gasteiger partial charge >= 0.3 is 0 Å². The van der Waals surface area contributed by atoms with Crippen molar-refractivity contribution in [1.29, 1.82) is 0 Å². The molecule has 0 aliphatic heterocycles. The fraction of sp³-hybridized carbons (Fsp3) is 0.286. The molecule has 4 nitrogen and oxygen atoms in total. The number of nitrogens with zero attached hydrogens (tertiary/aromatic N) is 2. The van der Waals surface area contributed by atoms with Gasteiger partial charge in [-0.2, -0.15) is 0 Å². The topological polar surface area (TPSA) is 46.9 Å². The van der Waals surface area contributed by atoms with Crippen molar-refractivity contribution in [2.75, 3.05) is 6.54 Å². The van der Waals surface area contributed by atoms with Crippen LogP contribution in [0, 0.1) is 27.7 Å². The molecule has 0 fully saturated rings. The van der Waals surface area contributed by atoms with Crippen molar-refractivity contribution in [2.45, 2.75) is 47.1 Å². The van der Waals surface area contributed by atoms with Gasteiger partial charge < -0.3 is 9.88 Å². The Balaban J connectivity index is 1.52. The Morgan fingerprint density at radius 1 is 0.906 bits per heavy atom. The number of imidazole rings is 1. The third-order valence-electron chi connectivity index (χ3n) is 6.17. The minimum absolute atomic E-state index is 0.0483. The van der Waals surface area contributed by atoms with E-state index in [-0.39, 0.29) is 5.91 Å². The summed E-state index contributed by atoms with van der Waals surface area (Å²) in [5.74, 6) is 1.05. The smallest absolute Gasteiger partial charge is 0.224 e. The predicted octanol–water partition coefficient (Wildman–Crippen LogP) is 5.22. The number of benzene rings is 3. The minimum Gasteiger partial charge on any atom is -0.355 e. The number of aromatic nitrogens is 2. The molecule has 0 saturated carbocycles. The molecular formula is C28H31N3O. The Morgan fingerprint density at radius 2 is 1.59 bits per heavy atom. The summed E-state index contributed by atoms with van der Waals surface area (Å²) in [6.07, 6.45) is 1.10. The van der Waals surface area contributed by atoms with E-state index in [1.807, 2.05) is 37.3 Å². The molecular weight excluding hydrogens is 394 g/mol. The van der Waals surface area contributed by atoms with E-state index in [4.69, 9.17) is 4.98 Å². The van der Waals surface area contributed by atoms with Crippen molar-refractivity contribution in [3.63, 3.8) is 0 Å². The third-order valence-corrected chi connectivity index (χ3v) is 6.17. The fourth-order valence-corrected chi connectivity index (χ4v) is 4.47. The summed E-state index contributed by atoms with van der Waals surface area (Å²) in [4.78, 5) is 17.4. The van der Waals surface area contributed by atoms with Crippen LogP contribution in [-0.2, 0) is 24.2 Å². The summed E-state index contributed by atoms with van der Waals surface area (Å²) >= 11 is 0. The zero-order chi connectivity index (χ0) is 22.7. The first-order valence-corrected chi connectivity index (χ1v) is 11.2. The molecule has 164 valence electrons. The van der Waals surface area contributed by atoms with E-state index in [1.54, 1.807) is 0 Å². The van der Waals surface area contributed by atoms with Crippen molar-refractivity contribution in [2.24, 2.45) is 0 Å². The normalized spacial score (nSPS) is 11.1. The van der Waals surface area contributed by atoms with E-state index in [1.165, 1.54) is 22.3 Å². The van der Waals surface area contributed by atoms with E-state index in [0.29, 0.717) is 19.4 Å². The molecule has 3 aromatic carbocycles. The third kappa shape index (κ3) is 4.75. The fourth-order valence-electron chi connectivity index (χ4n) is 4.47. The SMILES string of the molecule is Cc1cc(C)c(Cn2c(CCNC(=O)Cc3ccccc3C)nc3ccccc32)c(C)c1. The molecule has 0 aliphatic carbocycles. The highest BCUT2D eigenvalue weighted by Gasteiger charge is 2.14. The highest BCUT2D eigenvalue weighted by molar-refractivity contribution is 5.79. The van der Waals surface area contributed by atoms with Crippen LogP contribution in [0.5, 0.6) is 0 Å². The quantitative estimate of drug-likeness (QED) is 0.441. The number of hydrogen-bond donors (Lipinski definition) is 1. The van der Waals surface area contributed by atoms with Crippen molar-refractivity contribution < 1.29 is 4.79 Å². The Bertz CT molecular complexity index is 1250. The molecule has 32 heavy (non-hydrogen) atoms. The highest BCUT2D eigenvalue weighted by atomic mass is 16.1. The van der Waals surface area contributed by atoms with Crippen LogP contribution >= 0.6 is 0 Å². The van der Waals surface area contributed by atoms with E-state index in [2.05, 4.69) is 61.0 Å². The molecule has 4 heteroatoms. The summed E-state index contributed by atoms with van der Waals surface area (Å²) in [7, 11) is 0. The molecule has 0 aliphatic rings. The monoisotopic (exact) mass is 425 g/mol. The maximum absolute atomic E-state index is 12.5. The number of amides is 1. The Hall–Kier alpha value is -3.40. The van der Waals surface area contributed by atoms with Crippen LogP contribution < -0.4 is 5.32 Å². The summed E-state index contributed by atoms with van der Waals surface area (Å²) in [5, 5.41) is 3.08. The van der Waals surface area contributed by atoms with Crippen LogP contribution in [0.3, 0.4) is 0 Å². The molecule has 4 aromatic rings. The number of nitrogens with one attached hydrogen (secondary N) is 1. The average molecular weight is 426 g/mol. The van der Waals surface area contributed by atoms with Crippen LogP contribution in [-0.4, -0.2) is 22.0 Å². The number of para-hydroxylation sites is 2. The van der Waals surface area contributed by atoms with Gasteiger partial charge in [0.15, 0.2) is 0 Å². The summed E-state index contributed by atoms with van der Waals surface area (Å²) in [5.41, 5.74) is 9.58. The average Bonchev–Trinajstić information content (AvgIpc) is 3.09. The number of hydrogen-bond acceptors (Lipinski definition) is 2. The van der Waals surface area contributed by atoms with E-state index in [9.17, 15) is 4.79 Å². The predicted molar refractivity (Wildman–Crippen MR) is 131 cm³/mol. The first-order chi connectivity index (χ1) is 15.4. The van der Waals surface area contributed by atoms with Gasteiger partial charge in [0, 0.05) is 19.5 Å². The first-order valence-electron chi connectivity index (χ1n) is 11.2. The molecule has 0 unspecified atom stereocenters. The number of aryl methyl sites for hydroxylation is 4. The first kappa shape index (κ1) is 21.8. The number of carbonyl (C=O) groups excluding carboxylic acids is 1. The van der Waals surface area contributed by atoms with Crippen molar-refractivity contribution in [3.05, 3.63) is 99.9 Å². The Morgan fingerprint density at radius 3 is 2.34 bits per heavy atom. The van der Waals surface area contributed by atoms with Crippen molar-refractivity contribution >= 4 is 16.9 Å². The second-order valence-corrected chi connectivity index (χ2v) is 8.68. The van der Waals surface area contributed by atoms with E-state index >= 15 is 0 Å². The molecule has 0 radical (unpaired) electrons. The summed E-state index contributed by atoms with van der Waals surface area (Å²) < 4.78 is 2.30. The minimum atomic E-state index is 0.0483. The van der Waals surface area contributed by atoms with Crippen LogP contribution in [0.25, 0.3) is 11.0 Å². The molecule has 1 amide bonds. The van der Waals surface area contributed by atoms with Gasteiger partial charge in [0.25, 0.3) is 0 Å². The lowest BCUT2D eigenvalue weighted by molar-refractivity contribution is -0.120. The van der Waals surface area contributed by atoms with Crippen LogP contribution in [0.4, 0.5) is 0 Å². The van der Waals surface area contributed by atoms with Crippen molar-refractivity contribution in [3.8, 4) is 0 Å². The van der Waals surface area contributed by atoms with Gasteiger partial charge in [0.1, 0.15) is 5.82 Å². The zero-order valence-electron chi connectivity index (χ0n) is 19.4. The van der Waals surface area contributed by atoms with Crippen LogP contribution in [0.15, 0.2) is 60.7 Å². The lowest BCUT2D eigenvalue weighted by Crippen LogP contribution is -2.28. The molecule has 4 rings (SSSR count). The van der Waals surface area contributed by atoms with Gasteiger partial charge in [0.2, 0.25) is 5.91 Å². The zero-order valence-corrected chi connectivity index (χ0v) is 19.4. The van der Waals surface area contributed by atoms with Gasteiger partial charge in [0.05, 0.1) is 17.5 Å². The standard InChI is InChI=1S/C28H31N3O/c1-19-15-21(3)24(22(4)16-19)18-31-26-12-8-7-11-25(26)30-27(31)13-14-29-28(32)17-23-10-6-5-9-20(23)2/h5-12,15-16H,13-14,17-18H2,1-4H3,(H,29,32). The summed E-state index contributed by atoms with van der Waals surface area (Å²) in [6.45, 7) is 9.89. The van der Waals surface area contributed by atoms with E-state index in [0.717, 1.165) is 34.5 Å². The lowest BCUT2D eigenvalue weighted by Gasteiger charge is -2.15. The summed E-state index contributed by atoms with van der Waals surface area (Å²) in [6, 6.07) is 20.8. The molecule has 1 aromatic heterocycles. The van der Waals surface area contributed by atoms with Gasteiger partial charge in [-0.05, 0) is 67.6 Å². The second-order valence-electron chi connectivity index (χ2n) is 8.68. The van der Waals surface area contributed by atoms with Crippen molar-refractivity contribution in [1.82, 2.24) is 14.9 Å². The molecule has 0 atom stereocenters. The van der Waals surface area contributed by atoms with Gasteiger partial charge in [-0.1, -0.05) is 54.1 Å². The highest BCUT2D eigenvalue weighted by Crippen LogP contribution is 2.22. The Kier molecular flexibility index (Phi) is 6.40. The molecule has 0 saturated heterocycles. The molecule has 1 N–H and O–H groups in total. The Labute approximate surface area is 190 Å². The van der Waals surface area contributed by atoms with Crippen LogP contribution in [0.2, 0.25) is 0 Å². The number of carbonyl (C=O) groups is 1. The maximum Gasteiger partial charge on any atom is 0.224 e. The second kappa shape index (κ2) is 9.39. The van der Waals surface area contributed by atoms with Gasteiger partial charge in [-0.3, -0.25) is 4.79 Å². The molecule has 0 spiro atoms.